The maximum Gasteiger partial charge on any atom is 0.254 e. The van der Waals surface area contributed by atoms with E-state index in [2.05, 4.69) is 56.6 Å². The summed E-state index contributed by atoms with van der Waals surface area (Å²) < 4.78 is 1.87. The highest BCUT2D eigenvalue weighted by Crippen LogP contribution is 2.27. The van der Waals surface area contributed by atoms with Crippen molar-refractivity contribution in [1.82, 2.24) is 29.4 Å². The van der Waals surface area contributed by atoms with Gasteiger partial charge in [0.15, 0.2) is 0 Å². The van der Waals surface area contributed by atoms with Crippen molar-refractivity contribution in [3.05, 3.63) is 18.1 Å². The minimum Gasteiger partial charge on any atom is -0.353 e. The Morgan fingerprint density at radius 3 is 2.58 bits per heavy atom. The summed E-state index contributed by atoms with van der Waals surface area (Å²) in [6.07, 6.45) is 1.59. The molecule has 0 amide bonds. The van der Waals surface area contributed by atoms with Crippen molar-refractivity contribution in [1.29, 1.82) is 0 Å². The third-order valence-electron chi connectivity index (χ3n) is 5.40. The van der Waals surface area contributed by atoms with Gasteiger partial charge in [-0.25, -0.2) is 4.98 Å². The van der Waals surface area contributed by atoms with Gasteiger partial charge in [0.25, 0.3) is 5.78 Å². The molecule has 2 aromatic heterocycles. The van der Waals surface area contributed by atoms with E-state index in [0.29, 0.717) is 17.7 Å². The quantitative estimate of drug-likeness (QED) is 0.836. The van der Waals surface area contributed by atoms with Gasteiger partial charge in [-0.1, -0.05) is 20.8 Å². The second kappa shape index (κ2) is 6.29. The largest absolute Gasteiger partial charge is 0.353 e. The van der Waals surface area contributed by atoms with Gasteiger partial charge in [0.2, 0.25) is 0 Å². The lowest BCUT2D eigenvalue weighted by Crippen LogP contribution is -2.63. The normalized spacial score (nSPS) is 20.9. The van der Waals surface area contributed by atoms with Crippen LogP contribution in [0.2, 0.25) is 0 Å². The Balaban J connectivity index is 1.47. The van der Waals surface area contributed by atoms with Gasteiger partial charge in [-0.15, -0.1) is 0 Å². The summed E-state index contributed by atoms with van der Waals surface area (Å²) in [5.74, 6) is 2.23. The molecule has 4 heterocycles. The molecule has 0 saturated carbocycles. The molecule has 7 heteroatoms. The van der Waals surface area contributed by atoms with Crippen LogP contribution >= 0.6 is 0 Å². The van der Waals surface area contributed by atoms with E-state index in [4.69, 9.17) is 0 Å². The zero-order chi connectivity index (χ0) is 16.7. The minimum absolute atomic E-state index is 0.393. The number of likely N-dealkylation sites (N-methyl/N-ethyl adjacent to an activating group) is 1. The molecular weight excluding hydrogens is 302 g/mol. The van der Waals surface area contributed by atoms with Crippen molar-refractivity contribution >= 4 is 11.6 Å². The topological polar surface area (TPSA) is 52.8 Å². The fourth-order valence-electron chi connectivity index (χ4n) is 3.65. The maximum atomic E-state index is 4.61. The molecule has 0 atom stereocenters. The Morgan fingerprint density at radius 2 is 1.92 bits per heavy atom. The number of hydrogen-bond acceptors (Lipinski definition) is 6. The van der Waals surface area contributed by atoms with Crippen molar-refractivity contribution in [3.8, 4) is 0 Å². The average Bonchev–Trinajstić information content (AvgIpc) is 3.02. The zero-order valence-corrected chi connectivity index (χ0v) is 14.9. The first-order valence-corrected chi connectivity index (χ1v) is 9.07. The predicted molar refractivity (Wildman–Crippen MR) is 94.6 cm³/mol. The third kappa shape index (κ3) is 2.75. The number of nitrogens with zero attached hydrogens (tertiary/aromatic N) is 7. The van der Waals surface area contributed by atoms with Crippen molar-refractivity contribution in [2.45, 2.75) is 32.7 Å². The second-order valence-electron chi connectivity index (χ2n) is 7.19. The molecule has 2 aliphatic heterocycles. The summed E-state index contributed by atoms with van der Waals surface area (Å²) in [5.41, 5.74) is 1.09. The van der Waals surface area contributed by atoms with Crippen LogP contribution in [0.4, 0.5) is 5.82 Å². The van der Waals surface area contributed by atoms with E-state index in [-0.39, 0.29) is 0 Å². The zero-order valence-electron chi connectivity index (χ0n) is 14.9. The van der Waals surface area contributed by atoms with E-state index in [1.165, 1.54) is 32.7 Å². The number of piperazine rings is 1. The van der Waals surface area contributed by atoms with E-state index in [0.717, 1.165) is 24.6 Å². The Kier molecular flexibility index (Phi) is 4.14. The maximum absolute atomic E-state index is 4.61. The van der Waals surface area contributed by atoms with Crippen molar-refractivity contribution in [3.63, 3.8) is 0 Å². The van der Waals surface area contributed by atoms with Crippen LogP contribution in [0.1, 0.15) is 32.4 Å². The molecule has 0 radical (unpaired) electrons. The van der Waals surface area contributed by atoms with Gasteiger partial charge in [-0.2, -0.15) is 14.6 Å². The minimum atomic E-state index is 0.393. The first kappa shape index (κ1) is 15.8. The SMILES string of the molecule is CCN1CCN(C2CN(c3cc(C(C)C)nc4ncnn34)C2)CC1. The van der Waals surface area contributed by atoms with Crippen LogP contribution in [0.25, 0.3) is 5.78 Å². The highest BCUT2D eigenvalue weighted by atomic mass is 15.4. The van der Waals surface area contributed by atoms with E-state index >= 15 is 0 Å². The lowest BCUT2D eigenvalue weighted by Gasteiger charge is -2.48. The predicted octanol–water partition coefficient (Wildman–Crippen LogP) is 1.07. The standard InChI is InChI=1S/C17H27N7/c1-4-21-5-7-22(8-6-21)14-10-23(11-14)16-9-15(13(2)3)20-17-18-12-19-24(16)17/h9,12-14H,4-8,10-11H2,1-3H3. The first-order chi connectivity index (χ1) is 11.7. The summed E-state index contributed by atoms with van der Waals surface area (Å²) in [6.45, 7) is 14.7. The second-order valence-corrected chi connectivity index (χ2v) is 7.19. The molecule has 7 nitrogen and oxygen atoms in total. The Morgan fingerprint density at radius 1 is 1.17 bits per heavy atom. The van der Waals surface area contributed by atoms with Crippen LogP contribution in [-0.2, 0) is 0 Å². The molecule has 0 bridgehead atoms. The molecule has 24 heavy (non-hydrogen) atoms. The first-order valence-electron chi connectivity index (χ1n) is 9.07. The monoisotopic (exact) mass is 329 g/mol. The molecule has 0 spiro atoms. The molecule has 2 aromatic rings. The molecule has 2 fully saturated rings. The molecule has 0 N–H and O–H groups in total. The van der Waals surface area contributed by atoms with E-state index in [9.17, 15) is 0 Å². The average molecular weight is 329 g/mol. The van der Waals surface area contributed by atoms with Crippen LogP contribution < -0.4 is 4.90 Å². The number of rotatable bonds is 4. The van der Waals surface area contributed by atoms with Gasteiger partial charge < -0.3 is 9.80 Å². The molecule has 130 valence electrons. The highest BCUT2D eigenvalue weighted by molar-refractivity contribution is 5.50. The number of anilines is 1. The molecule has 2 saturated heterocycles. The van der Waals surface area contributed by atoms with Gasteiger partial charge >= 0.3 is 0 Å². The molecule has 0 aromatic carbocycles. The van der Waals surface area contributed by atoms with Crippen LogP contribution in [0.5, 0.6) is 0 Å². The van der Waals surface area contributed by atoms with Crippen LogP contribution in [-0.4, -0.2) is 81.2 Å². The van der Waals surface area contributed by atoms with Gasteiger partial charge in [0, 0.05) is 51.4 Å². The lowest BCUT2D eigenvalue weighted by atomic mass is 10.0. The third-order valence-corrected chi connectivity index (χ3v) is 5.40. The molecular formula is C17H27N7. The molecule has 0 unspecified atom stereocenters. The Bertz CT molecular complexity index is 696. The van der Waals surface area contributed by atoms with Gasteiger partial charge in [0.05, 0.1) is 5.69 Å². The summed E-state index contributed by atoms with van der Waals surface area (Å²) in [6, 6.07) is 2.84. The van der Waals surface area contributed by atoms with Crippen LogP contribution in [0.3, 0.4) is 0 Å². The summed E-state index contributed by atoms with van der Waals surface area (Å²) in [7, 11) is 0. The Hall–Kier alpha value is -1.73. The number of fused-ring (bicyclic) bond motifs is 1. The smallest absolute Gasteiger partial charge is 0.254 e. The number of aromatic nitrogens is 4. The molecule has 0 aliphatic carbocycles. The van der Waals surface area contributed by atoms with E-state index < -0.39 is 0 Å². The van der Waals surface area contributed by atoms with Crippen molar-refractivity contribution < 1.29 is 0 Å². The lowest BCUT2D eigenvalue weighted by molar-refractivity contribution is 0.0857. The number of hydrogen-bond donors (Lipinski definition) is 0. The van der Waals surface area contributed by atoms with Crippen LogP contribution in [0, 0.1) is 0 Å². The van der Waals surface area contributed by atoms with Gasteiger partial charge in [0.1, 0.15) is 12.1 Å². The van der Waals surface area contributed by atoms with Crippen molar-refractivity contribution in [2.24, 2.45) is 0 Å². The van der Waals surface area contributed by atoms with E-state index in [1.807, 2.05) is 4.52 Å². The summed E-state index contributed by atoms with van der Waals surface area (Å²) in [5, 5.41) is 4.36. The fourth-order valence-corrected chi connectivity index (χ4v) is 3.65. The highest BCUT2D eigenvalue weighted by Gasteiger charge is 2.34. The van der Waals surface area contributed by atoms with Crippen molar-refractivity contribution in [2.75, 3.05) is 50.7 Å². The molecule has 4 rings (SSSR count). The summed E-state index contributed by atoms with van der Waals surface area (Å²) in [4.78, 5) is 16.5. The van der Waals surface area contributed by atoms with Crippen LogP contribution in [0.15, 0.2) is 12.4 Å². The van der Waals surface area contributed by atoms with Gasteiger partial charge in [-0.05, 0) is 12.5 Å². The van der Waals surface area contributed by atoms with Gasteiger partial charge in [-0.3, -0.25) is 4.90 Å². The Labute approximate surface area is 143 Å². The molecule has 2 aliphatic rings. The summed E-state index contributed by atoms with van der Waals surface area (Å²) >= 11 is 0. The van der Waals surface area contributed by atoms with E-state index in [1.54, 1.807) is 6.33 Å². The fraction of sp³-hybridized carbons (Fsp3) is 0.706.